The summed E-state index contributed by atoms with van der Waals surface area (Å²) in [5.74, 6) is -0.712. The van der Waals surface area contributed by atoms with Gasteiger partial charge in [0.1, 0.15) is 36.6 Å². The number of aliphatic hydroxyl groups is 7. The number of hydrogen-bond acceptors (Lipinski definition) is 10. The highest BCUT2D eigenvalue weighted by Gasteiger charge is 2.44. The van der Waals surface area contributed by atoms with E-state index >= 15 is 0 Å². The van der Waals surface area contributed by atoms with Gasteiger partial charge in [-0.1, -0.05) is 223 Å². The van der Waals surface area contributed by atoms with Crippen LogP contribution >= 0.6 is 0 Å². The van der Waals surface area contributed by atoms with E-state index in [0.717, 1.165) is 51.4 Å². The Balaban J connectivity index is 2.22. The summed E-state index contributed by atoms with van der Waals surface area (Å²) < 4.78 is 11.1. The zero-order chi connectivity index (χ0) is 51.8. The summed E-state index contributed by atoms with van der Waals surface area (Å²) in [6.07, 6.45) is 50.6. The van der Waals surface area contributed by atoms with Crippen molar-refractivity contribution in [1.82, 2.24) is 5.32 Å². The summed E-state index contributed by atoms with van der Waals surface area (Å²) in [6.45, 7) is 3.33. The highest BCUT2D eigenvalue weighted by atomic mass is 16.7. The van der Waals surface area contributed by atoms with E-state index in [1.807, 2.05) is 0 Å². The second kappa shape index (κ2) is 49.0. The first kappa shape index (κ1) is 67.1. The van der Waals surface area contributed by atoms with Crippen LogP contribution in [0.4, 0.5) is 0 Å². The first-order chi connectivity index (χ1) is 34.7. The topological polar surface area (TPSA) is 189 Å². The van der Waals surface area contributed by atoms with Crippen LogP contribution in [0.1, 0.15) is 258 Å². The van der Waals surface area contributed by atoms with Gasteiger partial charge < -0.3 is 50.5 Å². The number of allylic oxidation sites excluding steroid dienone is 8. The number of unbranched alkanes of at least 4 members (excludes halogenated alkanes) is 30. The van der Waals surface area contributed by atoms with Gasteiger partial charge in [-0.3, -0.25) is 4.79 Å². The van der Waals surface area contributed by atoms with Crippen LogP contribution in [0.2, 0.25) is 0 Å². The Morgan fingerprint density at radius 1 is 0.493 bits per heavy atom. The standard InChI is InChI=1S/C60H111NO10/c1-3-5-7-9-11-13-15-17-18-19-20-21-22-23-24-25-26-27-28-29-30-31-32-33-34-36-38-40-42-44-46-48-53(64)59(69)61-51(50-70-60-58(68)57(67)56(66)54(49-62)71-60)55(65)52(63)47-45-43-41-39-37-35-16-14-12-10-8-6-4-2/h6,8,14,16,23-24,39,41,51-58,60,62-68H,3-5,7,9-13,15,17-22,25-38,40,42-50H2,1-2H3,(H,61,69)/b8-6+,16-14+,24-23-,41-39+. The van der Waals surface area contributed by atoms with Crippen LogP contribution < -0.4 is 5.32 Å². The van der Waals surface area contributed by atoms with E-state index in [-0.39, 0.29) is 12.8 Å². The van der Waals surface area contributed by atoms with Gasteiger partial charge in [0.15, 0.2) is 6.29 Å². The van der Waals surface area contributed by atoms with E-state index in [2.05, 4.69) is 67.8 Å². The summed E-state index contributed by atoms with van der Waals surface area (Å²) in [4.78, 5) is 13.2. The third-order valence-electron chi connectivity index (χ3n) is 14.1. The molecule has 0 aromatic rings. The monoisotopic (exact) mass is 1010 g/mol. The molecule has 9 atom stereocenters. The third kappa shape index (κ3) is 37.5. The number of hydrogen-bond donors (Lipinski definition) is 8. The van der Waals surface area contributed by atoms with Crippen molar-refractivity contribution in [2.45, 2.75) is 313 Å². The molecule has 1 saturated heterocycles. The molecule has 0 aliphatic carbocycles. The van der Waals surface area contributed by atoms with Crippen LogP contribution in [0.3, 0.4) is 0 Å². The van der Waals surface area contributed by atoms with Crippen LogP contribution in [0.5, 0.6) is 0 Å². The van der Waals surface area contributed by atoms with Gasteiger partial charge in [0, 0.05) is 0 Å². The van der Waals surface area contributed by atoms with Crippen LogP contribution in [0.15, 0.2) is 48.6 Å². The van der Waals surface area contributed by atoms with Crippen molar-refractivity contribution in [2.24, 2.45) is 0 Å². The molecule has 8 N–H and O–H groups in total. The zero-order valence-corrected chi connectivity index (χ0v) is 45.5. The van der Waals surface area contributed by atoms with E-state index in [9.17, 15) is 40.5 Å². The normalized spacial score (nSPS) is 20.5. The maximum Gasteiger partial charge on any atom is 0.249 e. The highest BCUT2D eigenvalue weighted by Crippen LogP contribution is 2.23. The summed E-state index contributed by atoms with van der Waals surface area (Å²) >= 11 is 0. The van der Waals surface area contributed by atoms with Crippen LogP contribution in [0.25, 0.3) is 0 Å². The van der Waals surface area contributed by atoms with Crippen LogP contribution in [-0.2, 0) is 14.3 Å². The van der Waals surface area contributed by atoms with Gasteiger partial charge in [0.2, 0.25) is 5.91 Å². The molecule has 9 unspecified atom stereocenters. The Labute approximate surface area is 434 Å². The zero-order valence-electron chi connectivity index (χ0n) is 45.5. The van der Waals surface area contributed by atoms with Gasteiger partial charge in [0.25, 0.3) is 0 Å². The lowest BCUT2D eigenvalue weighted by molar-refractivity contribution is -0.303. The molecule has 0 aromatic carbocycles. The molecule has 0 saturated carbocycles. The van der Waals surface area contributed by atoms with E-state index in [1.54, 1.807) is 0 Å². The van der Waals surface area contributed by atoms with Gasteiger partial charge in [-0.05, 0) is 83.5 Å². The Kier molecular flexibility index (Phi) is 46.3. The van der Waals surface area contributed by atoms with E-state index < -0.39 is 74.2 Å². The Bertz CT molecular complexity index is 1290. The predicted molar refractivity (Wildman–Crippen MR) is 293 cm³/mol. The molecule has 1 heterocycles. The van der Waals surface area contributed by atoms with Crippen molar-refractivity contribution in [3.8, 4) is 0 Å². The van der Waals surface area contributed by atoms with Crippen LogP contribution in [-0.4, -0.2) is 110 Å². The number of carbonyl (C=O) groups is 1. The van der Waals surface area contributed by atoms with Crippen LogP contribution in [0, 0.1) is 0 Å². The lowest BCUT2D eigenvalue weighted by Gasteiger charge is -2.40. The molecule has 1 rings (SSSR count). The van der Waals surface area contributed by atoms with E-state index in [1.165, 1.54) is 161 Å². The van der Waals surface area contributed by atoms with E-state index in [4.69, 9.17) is 9.47 Å². The van der Waals surface area contributed by atoms with Crippen molar-refractivity contribution >= 4 is 5.91 Å². The van der Waals surface area contributed by atoms with Gasteiger partial charge in [-0.2, -0.15) is 0 Å². The van der Waals surface area contributed by atoms with Gasteiger partial charge >= 0.3 is 0 Å². The SMILES string of the molecule is CC/C=C/CC/C=C/CC/C=C/CCCC(O)C(O)C(COC1OC(CO)C(O)C(O)C1O)NC(=O)C(O)CCCCCCCCCCCCCCCCC/C=C\CCCCCCCCCCCCCC. The molecule has 0 radical (unpaired) electrons. The Morgan fingerprint density at radius 3 is 1.32 bits per heavy atom. The maximum atomic E-state index is 13.2. The molecular weight excluding hydrogens is 895 g/mol. The third-order valence-corrected chi connectivity index (χ3v) is 14.1. The van der Waals surface area contributed by atoms with E-state index in [0.29, 0.717) is 19.3 Å². The summed E-state index contributed by atoms with van der Waals surface area (Å²) in [7, 11) is 0. The molecule has 11 heteroatoms. The average Bonchev–Trinajstić information content (AvgIpc) is 3.37. The fourth-order valence-corrected chi connectivity index (χ4v) is 9.30. The summed E-state index contributed by atoms with van der Waals surface area (Å²) in [5, 5.41) is 75.9. The van der Waals surface area contributed by atoms with Gasteiger partial charge in [-0.15, -0.1) is 0 Å². The summed E-state index contributed by atoms with van der Waals surface area (Å²) in [6, 6.07) is -1.19. The molecule has 11 nitrogen and oxygen atoms in total. The molecule has 0 spiro atoms. The highest BCUT2D eigenvalue weighted by molar-refractivity contribution is 5.80. The summed E-state index contributed by atoms with van der Waals surface area (Å²) in [5.41, 5.74) is 0. The molecule has 1 aliphatic heterocycles. The number of rotatable bonds is 50. The molecule has 416 valence electrons. The largest absolute Gasteiger partial charge is 0.394 e. The minimum atomic E-state index is -1.67. The predicted octanol–water partition coefficient (Wildman–Crippen LogP) is 12.5. The fraction of sp³-hybridized carbons (Fsp3) is 0.850. The number of aliphatic hydroxyl groups excluding tert-OH is 7. The first-order valence-electron chi connectivity index (χ1n) is 29.5. The first-order valence-corrected chi connectivity index (χ1v) is 29.5. The Hall–Kier alpha value is -1.93. The molecular formula is C60H111NO10. The molecule has 0 aromatic heterocycles. The van der Waals surface area contributed by atoms with Gasteiger partial charge in [0.05, 0.1) is 25.4 Å². The second-order valence-corrected chi connectivity index (χ2v) is 20.7. The Morgan fingerprint density at radius 2 is 0.887 bits per heavy atom. The molecule has 0 bridgehead atoms. The van der Waals surface area contributed by atoms with Crippen molar-refractivity contribution in [3.05, 3.63) is 48.6 Å². The number of carbonyl (C=O) groups excluding carboxylic acids is 1. The van der Waals surface area contributed by atoms with Gasteiger partial charge in [-0.25, -0.2) is 0 Å². The molecule has 1 fully saturated rings. The van der Waals surface area contributed by atoms with Crippen molar-refractivity contribution in [3.63, 3.8) is 0 Å². The minimum absolute atomic E-state index is 0.240. The number of amides is 1. The van der Waals surface area contributed by atoms with Crippen molar-refractivity contribution < 1.29 is 50.0 Å². The van der Waals surface area contributed by atoms with Crippen molar-refractivity contribution in [1.29, 1.82) is 0 Å². The maximum absolute atomic E-state index is 13.2. The minimum Gasteiger partial charge on any atom is -0.394 e. The molecule has 1 amide bonds. The second-order valence-electron chi connectivity index (χ2n) is 20.7. The quantitative estimate of drug-likeness (QED) is 0.0215. The smallest absolute Gasteiger partial charge is 0.249 e. The molecule has 71 heavy (non-hydrogen) atoms. The molecule has 1 aliphatic rings. The average molecular weight is 1010 g/mol. The van der Waals surface area contributed by atoms with Crippen molar-refractivity contribution in [2.75, 3.05) is 13.2 Å². The lowest BCUT2D eigenvalue weighted by atomic mass is 9.98. The lowest BCUT2D eigenvalue weighted by Crippen LogP contribution is -2.60. The number of ether oxygens (including phenoxy) is 2. The number of nitrogens with one attached hydrogen (secondary N) is 1. The fourth-order valence-electron chi connectivity index (χ4n) is 9.30.